The summed E-state index contributed by atoms with van der Waals surface area (Å²) in [5, 5.41) is 9.39. The fourth-order valence-corrected chi connectivity index (χ4v) is 3.05. The molecule has 6 nitrogen and oxygen atoms in total. The van der Waals surface area contributed by atoms with E-state index in [1.54, 1.807) is 12.1 Å². The van der Waals surface area contributed by atoms with Crippen LogP contribution >= 0.6 is 15.9 Å². The van der Waals surface area contributed by atoms with Crippen LogP contribution in [0.4, 0.5) is 5.69 Å². The number of hydrogen-bond donors (Lipinski definition) is 0. The molecule has 0 N–H and O–H groups in total. The van der Waals surface area contributed by atoms with E-state index in [2.05, 4.69) is 15.9 Å². The van der Waals surface area contributed by atoms with Gasteiger partial charge in [0.25, 0.3) is 0 Å². The van der Waals surface area contributed by atoms with E-state index in [9.17, 15) is 10.1 Å². The van der Waals surface area contributed by atoms with Crippen molar-refractivity contribution < 1.29 is 19.0 Å². The van der Waals surface area contributed by atoms with Crippen LogP contribution in [0.5, 0.6) is 11.5 Å². The molecule has 0 aliphatic rings. The molecule has 0 bridgehead atoms. The van der Waals surface area contributed by atoms with Crippen molar-refractivity contribution in [3.8, 4) is 17.6 Å². The zero-order valence-electron chi connectivity index (χ0n) is 17.6. The first-order valence-electron chi connectivity index (χ1n) is 9.53. The Labute approximate surface area is 185 Å². The predicted molar refractivity (Wildman–Crippen MR) is 121 cm³/mol. The minimum atomic E-state index is -0.687. The molecule has 30 heavy (non-hydrogen) atoms. The summed E-state index contributed by atoms with van der Waals surface area (Å²) in [5.41, 5.74) is 2.41. The zero-order valence-corrected chi connectivity index (χ0v) is 19.2. The molecule has 0 spiro atoms. The maximum absolute atomic E-state index is 12.4. The highest BCUT2D eigenvalue weighted by Crippen LogP contribution is 2.34. The van der Waals surface area contributed by atoms with Gasteiger partial charge in [-0.1, -0.05) is 28.1 Å². The average molecular weight is 473 g/mol. The van der Waals surface area contributed by atoms with Gasteiger partial charge in [0.2, 0.25) is 0 Å². The van der Waals surface area contributed by atoms with Gasteiger partial charge in [-0.05, 0) is 49.8 Å². The summed E-state index contributed by atoms with van der Waals surface area (Å²) >= 11 is 3.47. The molecule has 7 heteroatoms. The number of carbonyl (C=O) groups is 1. The molecule has 0 aliphatic carbocycles. The van der Waals surface area contributed by atoms with Crippen LogP contribution in [-0.2, 0) is 16.1 Å². The minimum Gasteiger partial charge on any atom is -0.490 e. The van der Waals surface area contributed by atoms with Crippen molar-refractivity contribution in [2.45, 2.75) is 20.5 Å². The van der Waals surface area contributed by atoms with Crippen molar-refractivity contribution >= 4 is 33.7 Å². The largest absolute Gasteiger partial charge is 0.490 e. The minimum absolute atomic E-state index is 0.00944. The lowest BCUT2D eigenvalue weighted by atomic mass is 10.1. The average Bonchev–Trinajstić information content (AvgIpc) is 2.73. The van der Waals surface area contributed by atoms with E-state index >= 15 is 0 Å². The highest BCUT2D eigenvalue weighted by atomic mass is 79.9. The Morgan fingerprint density at radius 1 is 1.10 bits per heavy atom. The molecule has 0 radical (unpaired) electrons. The van der Waals surface area contributed by atoms with Gasteiger partial charge >= 0.3 is 5.97 Å². The number of rotatable bonds is 9. The molecule has 158 valence electrons. The number of halogens is 1. The lowest BCUT2D eigenvalue weighted by Crippen LogP contribution is -2.08. The van der Waals surface area contributed by atoms with E-state index in [1.807, 2.05) is 63.2 Å². The maximum Gasteiger partial charge on any atom is 0.349 e. The van der Waals surface area contributed by atoms with E-state index in [0.717, 1.165) is 15.7 Å². The Kier molecular flexibility index (Phi) is 8.75. The summed E-state index contributed by atoms with van der Waals surface area (Å²) < 4.78 is 17.3. The summed E-state index contributed by atoms with van der Waals surface area (Å²) in [6.07, 6.45) is 1.51. The summed E-state index contributed by atoms with van der Waals surface area (Å²) in [5.74, 6) is 0.499. The Hall–Kier alpha value is -2.98. The second-order valence-corrected chi connectivity index (χ2v) is 7.34. The first kappa shape index (κ1) is 23.3. The predicted octanol–water partition coefficient (Wildman–Crippen LogP) is 4.96. The summed E-state index contributed by atoms with van der Waals surface area (Å²) in [4.78, 5) is 14.4. The third-order valence-electron chi connectivity index (χ3n) is 4.13. The lowest BCUT2D eigenvalue weighted by Gasteiger charge is -2.14. The van der Waals surface area contributed by atoms with Crippen molar-refractivity contribution in [2.24, 2.45) is 0 Å². The number of esters is 1. The normalized spacial score (nSPS) is 10.9. The van der Waals surface area contributed by atoms with Gasteiger partial charge in [0.05, 0.1) is 13.2 Å². The van der Waals surface area contributed by atoms with Crippen molar-refractivity contribution in [1.29, 1.82) is 5.26 Å². The van der Waals surface area contributed by atoms with Crippen LogP contribution in [0.1, 0.15) is 25.0 Å². The van der Waals surface area contributed by atoms with Crippen LogP contribution in [0, 0.1) is 11.3 Å². The molecule has 0 saturated carbocycles. The fourth-order valence-electron chi connectivity index (χ4n) is 2.62. The van der Waals surface area contributed by atoms with Crippen molar-refractivity contribution in [1.82, 2.24) is 0 Å². The maximum atomic E-state index is 12.4. The molecule has 0 aliphatic heterocycles. The highest BCUT2D eigenvalue weighted by molar-refractivity contribution is 9.10. The van der Waals surface area contributed by atoms with Gasteiger partial charge in [-0.25, -0.2) is 4.79 Å². The zero-order chi connectivity index (χ0) is 22.1. The Bertz CT molecular complexity index is 947. The van der Waals surface area contributed by atoms with Gasteiger partial charge in [0, 0.05) is 29.8 Å². The first-order valence-corrected chi connectivity index (χ1v) is 10.3. The molecular formula is C23H25BrN2O4. The molecule has 2 aromatic rings. The van der Waals surface area contributed by atoms with Gasteiger partial charge in [-0.3, -0.25) is 0 Å². The van der Waals surface area contributed by atoms with Crippen LogP contribution < -0.4 is 14.4 Å². The lowest BCUT2D eigenvalue weighted by molar-refractivity contribution is -0.139. The van der Waals surface area contributed by atoms with Crippen LogP contribution in [0.15, 0.2) is 46.4 Å². The Morgan fingerprint density at radius 3 is 2.23 bits per heavy atom. The van der Waals surface area contributed by atoms with Gasteiger partial charge in [-0.15, -0.1) is 0 Å². The van der Waals surface area contributed by atoms with E-state index in [1.165, 1.54) is 6.08 Å². The quantitative estimate of drug-likeness (QED) is 0.291. The van der Waals surface area contributed by atoms with E-state index in [-0.39, 0.29) is 12.2 Å². The molecule has 0 heterocycles. The fraction of sp³-hybridized carbons (Fsp3) is 0.304. The number of hydrogen-bond acceptors (Lipinski definition) is 6. The van der Waals surface area contributed by atoms with Crippen molar-refractivity contribution in [3.63, 3.8) is 0 Å². The number of ether oxygens (including phenoxy) is 3. The molecule has 2 aromatic carbocycles. The van der Waals surface area contributed by atoms with Crippen LogP contribution in [0.2, 0.25) is 0 Å². The number of nitriles is 1. The Balaban J connectivity index is 2.14. The number of nitrogens with zero attached hydrogens (tertiary/aromatic N) is 2. The second kappa shape index (κ2) is 11.3. The molecule has 0 fully saturated rings. The third kappa shape index (κ3) is 6.26. The van der Waals surface area contributed by atoms with E-state index < -0.39 is 5.97 Å². The SMILES string of the molecule is CCOc1cc(Br)c(COC(=O)/C(C#N)=C/c2ccc(N(C)C)cc2)cc1OCC. The molecule has 0 saturated heterocycles. The molecule has 0 unspecified atom stereocenters. The smallest absolute Gasteiger partial charge is 0.349 e. The number of carbonyl (C=O) groups excluding carboxylic acids is 1. The van der Waals surface area contributed by atoms with Crippen LogP contribution in [0.25, 0.3) is 6.08 Å². The van der Waals surface area contributed by atoms with E-state index in [0.29, 0.717) is 30.3 Å². The molecule has 0 aromatic heterocycles. The standard InChI is InChI=1S/C23H25BrN2O4/c1-5-28-21-12-18(20(24)13-22(21)29-6-2)15-30-23(27)17(14-25)11-16-7-9-19(10-8-16)26(3)4/h7-13H,5-6,15H2,1-4H3/b17-11+. The monoisotopic (exact) mass is 472 g/mol. The summed E-state index contributed by atoms with van der Waals surface area (Å²) in [6.45, 7) is 4.75. The summed E-state index contributed by atoms with van der Waals surface area (Å²) in [7, 11) is 3.89. The van der Waals surface area contributed by atoms with Gasteiger partial charge in [0.1, 0.15) is 18.2 Å². The third-order valence-corrected chi connectivity index (χ3v) is 4.87. The number of anilines is 1. The second-order valence-electron chi connectivity index (χ2n) is 6.49. The van der Waals surface area contributed by atoms with Gasteiger partial charge in [-0.2, -0.15) is 5.26 Å². The highest BCUT2D eigenvalue weighted by Gasteiger charge is 2.15. The van der Waals surface area contributed by atoms with Crippen LogP contribution in [-0.4, -0.2) is 33.3 Å². The van der Waals surface area contributed by atoms with Crippen molar-refractivity contribution in [2.75, 3.05) is 32.2 Å². The Morgan fingerprint density at radius 2 is 1.70 bits per heavy atom. The van der Waals surface area contributed by atoms with Crippen molar-refractivity contribution in [3.05, 3.63) is 57.6 Å². The first-order chi connectivity index (χ1) is 14.4. The van der Waals surface area contributed by atoms with Gasteiger partial charge < -0.3 is 19.1 Å². The van der Waals surface area contributed by atoms with E-state index in [4.69, 9.17) is 14.2 Å². The molecule has 0 amide bonds. The molecule has 0 atom stereocenters. The van der Waals surface area contributed by atoms with Crippen LogP contribution in [0.3, 0.4) is 0 Å². The summed E-state index contributed by atoms with van der Waals surface area (Å²) in [6, 6.07) is 13.0. The molecular weight excluding hydrogens is 448 g/mol. The van der Waals surface area contributed by atoms with Gasteiger partial charge in [0.15, 0.2) is 11.5 Å². The topological polar surface area (TPSA) is 71.8 Å². The molecule has 2 rings (SSSR count). The number of benzene rings is 2.